The van der Waals surface area contributed by atoms with E-state index in [4.69, 9.17) is 4.42 Å². The topological polar surface area (TPSA) is 58.4 Å². The smallest absolute Gasteiger partial charge is 0.287 e. The number of piperidine rings is 1. The number of carbonyl (C=O) groups is 1. The number of rotatable bonds is 5. The number of hydrogen-bond donors (Lipinski definition) is 1. The molecule has 27 heavy (non-hydrogen) atoms. The maximum atomic E-state index is 12.4. The fraction of sp³-hybridized carbons (Fsp3) is 0.455. The Morgan fingerprint density at radius 3 is 3.04 bits per heavy atom. The molecule has 1 saturated heterocycles. The first-order valence-corrected chi connectivity index (χ1v) is 9.90. The highest BCUT2D eigenvalue weighted by Gasteiger charge is 2.16. The fourth-order valence-electron chi connectivity index (χ4n) is 3.93. The van der Waals surface area contributed by atoms with Gasteiger partial charge in [-0.15, -0.1) is 0 Å². The molecule has 0 saturated carbocycles. The van der Waals surface area contributed by atoms with E-state index in [0.717, 1.165) is 40.7 Å². The number of amides is 1. The van der Waals surface area contributed by atoms with Crippen LogP contribution in [0.1, 0.15) is 42.3 Å². The number of likely N-dealkylation sites (tertiary alicyclic amines) is 1. The van der Waals surface area contributed by atoms with Crippen molar-refractivity contribution in [2.75, 3.05) is 26.2 Å². The lowest BCUT2D eigenvalue weighted by Gasteiger charge is -2.30. The number of aryl methyl sites for hydroxylation is 1. The van der Waals surface area contributed by atoms with Gasteiger partial charge in [0.1, 0.15) is 0 Å². The van der Waals surface area contributed by atoms with Crippen LogP contribution in [0.2, 0.25) is 0 Å². The number of furan rings is 1. The van der Waals surface area contributed by atoms with Crippen LogP contribution in [0.25, 0.3) is 22.0 Å². The standard InChI is InChI=1S/C22H27N3O2/c1-15-6-7-17-12-18-13-20(27-22(18)24-19(17)11-15)21(26)23-8-4-10-25-9-3-5-16(2)14-25/h6-7,11-13,16H,3-5,8-10,14H2,1-2H3,(H,23,26)/t16-/m1/s1. The maximum absolute atomic E-state index is 12.4. The number of carbonyl (C=O) groups excluding carboxylic acids is 1. The Labute approximate surface area is 159 Å². The van der Waals surface area contributed by atoms with Crippen molar-refractivity contribution < 1.29 is 9.21 Å². The lowest BCUT2D eigenvalue weighted by molar-refractivity contribution is 0.0924. The molecule has 3 aromatic rings. The zero-order chi connectivity index (χ0) is 18.8. The molecule has 142 valence electrons. The number of pyridine rings is 1. The molecule has 4 rings (SSSR count). The molecule has 1 fully saturated rings. The highest BCUT2D eigenvalue weighted by atomic mass is 16.4. The highest BCUT2D eigenvalue weighted by molar-refractivity contribution is 5.98. The van der Waals surface area contributed by atoms with E-state index >= 15 is 0 Å². The Morgan fingerprint density at radius 2 is 2.19 bits per heavy atom. The second kappa shape index (κ2) is 7.69. The Bertz CT molecular complexity index is 963. The average Bonchev–Trinajstić information content (AvgIpc) is 3.06. The summed E-state index contributed by atoms with van der Waals surface area (Å²) < 4.78 is 5.71. The van der Waals surface area contributed by atoms with Gasteiger partial charge >= 0.3 is 0 Å². The Hall–Kier alpha value is -2.40. The van der Waals surface area contributed by atoms with Crippen LogP contribution in [0.15, 0.2) is 34.7 Å². The van der Waals surface area contributed by atoms with Gasteiger partial charge in [-0.25, -0.2) is 4.98 Å². The van der Waals surface area contributed by atoms with E-state index in [-0.39, 0.29) is 5.91 Å². The van der Waals surface area contributed by atoms with E-state index in [1.165, 1.54) is 25.9 Å². The molecule has 1 aliphatic heterocycles. The van der Waals surface area contributed by atoms with Crippen LogP contribution < -0.4 is 5.32 Å². The first-order chi connectivity index (χ1) is 13.1. The van der Waals surface area contributed by atoms with Crippen LogP contribution in [0, 0.1) is 12.8 Å². The summed E-state index contributed by atoms with van der Waals surface area (Å²) in [6.07, 6.45) is 3.58. The van der Waals surface area contributed by atoms with Gasteiger partial charge in [-0.05, 0) is 69.0 Å². The largest absolute Gasteiger partial charge is 0.433 e. The van der Waals surface area contributed by atoms with E-state index in [9.17, 15) is 4.79 Å². The van der Waals surface area contributed by atoms with Crippen molar-refractivity contribution in [3.05, 3.63) is 41.7 Å². The van der Waals surface area contributed by atoms with Gasteiger partial charge in [-0.1, -0.05) is 19.1 Å². The Balaban J connectivity index is 1.37. The summed E-state index contributed by atoms with van der Waals surface area (Å²) in [6.45, 7) is 8.41. The Morgan fingerprint density at radius 1 is 1.30 bits per heavy atom. The zero-order valence-corrected chi connectivity index (χ0v) is 16.1. The van der Waals surface area contributed by atoms with Crippen molar-refractivity contribution in [2.45, 2.75) is 33.1 Å². The summed E-state index contributed by atoms with van der Waals surface area (Å²) in [4.78, 5) is 19.5. The van der Waals surface area contributed by atoms with Crippen molar-refractivity contribution in [3.8, 4) is 0 Å². The van der Waals surface area contributed by atoms with Gasteiger partial charge in [0.15, 0.2) is 5.76 Å². The monoisotopic (exact) mass is 365 g/mol. The molecule has 3 heterocycles. The third kappa shape index (κ3) is 4.14. The fourth-order valence-corrected chi connectivity index (χ4v) is 3.93. The molecule has 1 N–H and O–H groups in total. The van der Waals surface area contributed by atoms with Gasteiger partial charge in [-0.3, -0.25) is 4.79 Å². The molecule has 1 atom stereocenters. The van der Waals surface area contributed by atoms with Crippen molar-refractivity contribution >= 4 is 27.9 Å². The van der Waals surface area contributed by atoms with Crippen molar-refractivity contribution in [1.29, 1.82) is 0 Å². The van der Waals surface area contributed by atoms with Gasteiger partial charge in [0.2, 0.25) is 5.71 Å². The van der Waals surface area contributed by atoms with Crippen molar-refractivity contribution in [3.63, 3.8) is 0 Å². The third-order valence-corrected chi connectivity index (χ3v) is 5.36. The van der Waals surface area contributed by atoms with Gasteiger partial charge in [0, 0.05) is 23.9 Å². The summed E-state index contributed by atoms with van der Waals surface area (Å²) in [6, 6.07) is 9.94. The quantitative estimate of drug-likeness (QED) is 0.690. The summed E-state index contributed by atoms with van der Waals surface area (Å²) in [7, 11) is 0. The third-order valence-electron chi connectivity index (χ3n) is 5.36. The molecule has 5 nitrogen and oxygen atoms in total. The van der Waals surface area contributed by atoms with Crippen LogP contribution in [-0.4, -0.2) is 42.0 Å². The minimum atomic E-state index is -0.166. The van der Waals surface area contributed by atoms with Gasteiger partial charge in [0.25, 0.3) is 5.91 Å². The van der Waals surface area contributed by atoms with E-state index in [1.807, 2.05) is 25.1 Å². The van der Waals surface area contributed by atoms with E-state index < -0.39 is 0 Å². The number of benzene rings is 1. The number of nitrogens with one attached hydrogen (secondary N) is 1. The Kier molecular flexibility index (Phi) is 5.12. The summed E-state index contributed by atoms with van der Waals surface area (Å²) >= 11 is 0. The molecule has 0 unspecified atom stereocenters. The molecule has 0 radical (unpaired) electrons. The first kappa shape index (κ1) is 18.0. The minimum absolute atomic E-state index is 0.166. The first-order valence-electron chi connectivity index (χ1n) is 9.90. The lowest BCUT2D eigenvalue weighted by atomic mass is 10.0. The van der Waals surface area contributed by atoms with Crippen LogP contribution in [0.4, 0.5) is 0 Å². The van der Waals surface area contributed by atoms with Crippen LogP contribution >= 0.6 is 0 Å². The average molecular weight is 365 g/mol. The lowest BCUT2D eigenvalue weighted by Crippen LogP contribution is -2.36. The predicted octanol–water partition coefficient (Wildman–Crippen LogP) is 4.14. The van der Waals surface area contributed by atoms with Crippen LogP contribution in [-0.2, 0) is 0 Å². The molecule has 1 amide bonds. The molecule has 5 heteroatoms. The minimum Gasteiger partial charge on any atom is -0.433 e. The predicted molar refractivity (Wildman–Crippen MR) is 108 cm³/mol. The van der Waals surface area contributed by atoms with Crippen LogP contribution in [0.3, 0.4) is 0 Å². The van der Waals surface area contributed by atoms with E-state index in [0.29, 0.717) is 18.0 Å². The van der Waals surface area contributed by atoms with Crippen molar-refractivity contribution in [1.82, 2.24) is 15.2 Å². The highest BCUT2D eigenvalue weighted by Crippen LogP contribution is 2.23. The van der Waals surface area contributed by atoms with Gasteiger partial charge < -0.3 is 14.6 Å². The number of nitrogens with zero attached hydrogens (tertiary/aromatic N) is 2. The molecule has 0 bridgehead atoms. The molecule has 1 aliphatic rings. The number of fused-ring (bicyclic) bond motifs is 2. The molecular formula is C22H27N3O2. The zero-order valence-electron chi connectivity index (χ0n) is 16.1. The van der Waals surface area contributed by atoms with Crippen molar-refractivity contribution in [2.24, 2.45) is 5.92 Å². The summed E-state index contributed by atoms with van der Waals surface area (Å²) in [5.74, 6) is 0.951. The number of aromatic nitrogens is 1. The maximum Gasteiger partial charge on any atom is 0.287 e. The molecule has 0 spiro atoms. The summed E-state index contributed by atoms with van der Waals surface area (Å²) in [5, 5.41) is 4.89. The second-order valence-corrected chi connectivity index (χ2v) is 7.85. The molecular weight excluding hydrogens is 338 g/mol. The molecule has 0 aliphatic carbocycles. The van der Waals surface area contributed by atoms with Crippen LogP contribution in [0.5, 0.6) is 0 Å². The van der Waals surface area contributed by atoms with Gasteiger partial charge in [-0.2, -0.15) is 0 Å². The normalized spacial score (nSPS) is 18.2. The summed E-state index contributed by atoms with van der Waals surface area (Å²) in [5.41, 5.74) is 2.56. The van der Waals surface area contributed by atoms with E-state index in [2.05, 4.69) is 28.2 Å². The van der Waals surface area contributed by atoms with Gasteiger partial charge in [0.05, 0.1) is 5.52 Å². The SMILES string of the molecule is Cc1ccc2cc3cc(C(=O)NCCCN4CCC[C@@H](C)C4)oc3nc2c1. The molecule has 2 aromatic heterocycles. The molecule has 1 aromatic carbocycles. The number of hydrogen-bond acceptors (Lipinski definition) is 4. The van der Waals surface area contributed by atoms with E-state index in [1.54, 1.807) is 6.07 Å². The second-order valence-electron chi connectivity index (χ2n) is 7.85.